The number of nitrogens with zero attached hydrogens (tertiary/aromatic N) is 1. The zero-order valence-corrected chi connectivity index (χ0v) is 20.3. The number of carbonyl (C=O) groups excluding carboxylic acids is 3. The zero-order valence-electron chi connectivity index (χ0n) is 19.6. The van der Waals surface area contributed by atoms with E-state index in [4.69, 9.17) is 16.3 Å². The van der Waals surface area contributed by atoms with Crippen molar-refractivity contribution in [3.8, 4) is 0 Å². The molecule has 1 aliphatic heterocycles. The Labute approximate surface area is 204 Å². The Bertz CT molecular complexity index is 1150. The van der Waals surface area contributed by atoms with Crippen LogP contribution in [-0.4, -0.2) is 54.0 Å². The molecule has 1 unspecified atom stereocenters. The Kier molecular flexibility index (Phi) is 6.44. The van der Waals surface area contributed by atoms with Gasteiger partial charge in [-0.25, -0.2) is 4.79 Å². The molecule has 180 valence electrons. The highest BCUT2D eigenvalue weighted by Crippen LogP contribution is 2.59. The normalized spacial score (nSPS) is 23.7. The van der Waals surface area contributed by atoms with Crippen molar-refractivity contribution in [2.75, 3.05) is 20.2 Å². The van der Waals surface area contributed by atoms with Gasteiger partial charge in [-0.1, -0.05) is 44.0 Å². The molecule has 1 fully saturated rings. The van der Waals surface area contributed by atoms with Crippen LogP contribution in [0.2, 0.25) is 5.02 Å². The van der Waals surface area contributed by atoms with Crippen LogP contribution in [0.3, 0.4) is 0 Å². The summed E-state index contributed by atoms with van der Waals surface area (Å²) in [5, 5.41) is 14.8. The SMILES string of the molecule is CCC[C@@H](NC(=O)c1cccc(C(=O)OC)c1)C(=O)N1CC[C@]2(O)c3ccc(Cl)cc3C2(C)C1. The quantitative estimate of drug-likeness (QED) is 0.612. The smallest absolute Gasteiger partial charge is 0.337 e. The maximum atomic E-state index is 13.5. The minimum atomic E-state index is -0.998. The number of nitrogens with one attached hydrogen (secondary N) is 1. The van der Waals surface area contributed by atoms with Gasteiger partial charge in [-0.15, -0.1) is 0 Å². The molecule has 0 radical (unpaired) electrons. The number of rotatable bonds is 6. The van der Waals surface area contributed by atoms with Gasteiger partial charge in [0.25, 0.3) is 5.91 Å². The molecular weight excluding hydrogens is 456 g/mol. The molecule has 0 saturated carbocycles. The average Bonchev–Trinajstić information content (AvgIpc) is 2.84. The van der Waals surface area contributed by atoms with E-state index in [-0.39, 0.29) is 17.0 Å². The molecule has 8 heteroatoms. The zero-order chi connectivity index (χ0) is 24.7. The Morgan fingerprint density at radius 3 is 2.62 bits per heavy atom. The molecule has 4 rings (SSSR count). The van der Waals surface area contributed by atoms with Crippen LogP contribution in [0.4, 0.5) is 0 Å². The molecule has 0 spiro atoms. The van der Waals surface area contributed by atoms with Gasteiger partial charge in [0.05, 0.1) is 12.7 Å². The third-order valence-corrected chi connectivity index (χ3v) is 7.46. The highest BCUT2D eigenvalue weighted by atomic mass is 35.5. The topological polar surface area (TPSA) is 95.9 Å². The van der Waals surface area contributed by atoms with Gasteiger partial charge in [0.2, 0.25) is 5.91 Å². The summed E-state index contributed by atoms with van der Waals surface area (Å²) in [4.78, 5) is 40.0. The summed E-state index contributed by atoms with van der Waals surface area (Å²) < 4.78 is 4.72. The van der Waals surface area contributed by atoms with Crippen LogP contribution in [0.25, 0.3) is 0 Å². The van der Waals surface area contributed by atoms with Gasteiger partial charge in [-0.2, -0.15) is 0 Å². The molecule has 1 saturated heterocycles. The second-order valence-electron chi connectivity index (χ2n) is 9.28. The molecule has 2 aromatic carbocycles. The monoisotopic (exact) mass is 484 g/mol. The largest absolute Gasteiger partial charge is 0.465 e. The van der Waals surface area contributed by atoms with Crippen LogP contribution >= 0.6 is 11.6 Å². The Balaban J connectivity index is 1.52. The molecule has 2 aliphatic rings. The Morgan fingerprint density at radius 2 is 1.91 bits per heavy atom. The lowest BCUT2D eigenvalue weighted by molar-refractivity contribution is -0.152. The lowest BCUT2D eigenvalue weighted by atomic mass is 9.51. The molecule has 3 atom stereocenters. The predicted octanol–water partition coefficient (Wildman–Crippen LogP) is 3.42. The fraction of sp³-hybridized carbons (Fsp3) is 0.423. The van der Waals surface area contributed by atoms with E-state index in [0.717, 1.165) is 11.1 Å². The lowest BCUT2D eigenvalue weighted by Crippen LogP contribution is -2.68. The first-order chi connectivity index (χ1) is 16.1. The van der Waals surface area contributed by atoms with E-state index in [1.165, 1.54) is 13.2 Å². The molecule has 2 N–H and O–H groups in total. The molecule has 7 nitrogen and oxygen atoms in total. The molecule has 0 bridgehead atoms. The highest BCUT2D eigenvalue weighted by molar-refractivity contribution is 6.30. The fourth-order valence-corrected chi connectivity index (χ4v) is 5.45. The number of piperidine rings is 1. The van der Waals surface area contributed by atoms with Crippen LogP contribution in [0.5, 0.6) is 0 Å². The van der Waals surface area contributed by atoms with Crippen LogP contribution in [0.15, 0.2) is 42.5 Å². The number of halogens is 1. The van der Waals surface area contributed by atoms with E-state index >= 15 is 0 Å². The number of amides is 2. The third kappa shape index (κ3) is 3.87. The van der Waals surface area contributed by atoms with Gasteiger partial charge >= 0.3 is 5.97 Å². The summed E-state index contributed by atoms with van der Waals surface area (Å²) in [7, 11) is 1.28. The van der Waals surface area contributed by atoms with Crippen LogP contribution in [0.1, 0.15) is 65.0 Å². The number of likely N-dealkylation sites (tertiary alicyclic amines) is 1. The summed E-state index contributed by atoms with van der Waals surface area (Å²) in [6, 6.07) is 11.0. The number of ether oxygens (including phenoxy) is 1. The van der Waals surface area contributed by atoms with Crippen molar-refractivity contribution in [3.63, 3.8) is 0 Å². The van der Waals surface area contributed by atoms with E-state index in [2.05, 4.69) is 5.32 Å². The molecule has 2 aromatic rings. The number of carbonyl (C=O) groups is 3. The van der Waals surface area contributed by atoms with Crippen molar-refractivity contribution in [3.05, 3.63) is 69.7 Å². The van der Waals surface area contributed by atoms with Gasteiger partial charge in [-0.3, -0.25) is 9.59 Å². The molecule has 34 heavy (non-hydrogen) atoms. The number of hydrogen-bond donors (Lipinski definition) is 2. The fourth-order valence-electron chi connectivity index (χ4n) is 5.28. The molecule has 1 heterocycles. The standard InChI is InChI=1S/C26H29ClN2O5/c1-4-6-21(28-22(30)16-7-5-8-17(13-16)24(32)34-3)23(31)29-12-11-26(33)19-10-9-18(27)14-20(19)25(26,2)15-29/h5,7-10,13-14,21,33H,4,6,11-12,15H2,1-3H3,(H,28,30)/t21-,25?,26+/m1/s1. The van der Waals surface area contributed by atoms with E-state index in [1.54, 1.807) is 29.2 Å². The van der Waals surface area contributed by atoms with Gasteiger partial charge in [0.15, 0.2) is 0 Å². The second-order valence-corrected chi connectivity index (χ2v) is 9.72. The van der Waals surface area contributed by atoms with E-state index in [9.17, 15) is 19.5 Å². The first-order valence-corrected chi connectivity index (χ1v) is 11.8. The van der Waals surface area contributed by atoms with E-state index in [0.29, 0.717) is 37.4 Å². The summed E-state index contributed by atoms with van der Waals surface area (Å²) >= 11 is 6.20. The minimum Gasteiger partial charge on any atom is -0.465 e. The van der Waals surface area contributed by atoms with Crippen molar-refractivity contribution < 1.29 is 24.2 Å². The van der Waals surface area contributed by atoms with Crippen molar-refractivity contribution in [1.82, 2.24) is 10.2 Å². The number of hydrogen-bond acceptors (Lipinski definition) is 5. The Morgan fingerprint density at radius 1 is 1.18 bits per heavy atom. The van der Waals surface area contributed by atoms with Crippen LogP contribution in [-0.2, 0) is 20.5 Å². The second kappa shape index (κ2) is 9.04. The number of esters is 1. The van der Waals surface area contributed by atoms with Gasteiger partial charge in [-0.05, 0) is 54.3 Å². The molecular formula is C26H29ClN2O5. The van der Waals surface area contributed by atoms with E-state index < -0.39 is 28.9 Å². The summed E-state index contributed by atoms with van der Waals surface area (Å²) in [5.41, 5.74) is 0.739. The maximum absolute atomic E-state index is 13.5. The molecule has 1 aliphatic carbocycles. The molecule has 0 aromatic heterocycles. The van der Waals surface area contributed by atoms with Crippen molar-refractivity contribution in [2.45, 2.75) is 50.2 Å². The highest BCUT2D eigenvalue weighted by Gasteiger charge is 2.62. The van der Waals surface area contributed by atoms with Gasteiger partial charge < -0.3 is 20.1 Å². The first kappa shape index (κ1) is 24.2. The third-order valence-electron chi connectivity index (χ3n) is 7.22. The van der Waals surface area contributed by atoms with Crippen LogP contribution in [0, 0.1) is 0 Å². The number of aliphatic hydroxyl groups is 1. The van der Waals surface area contributed by atoms with E-state index in [1.807, 2.05) is 26.0 Å². The summed E-state index contributed by atoms with van der Waals surface area (Å²) in [6.07, 6.45) is 1.59. The van der Waals surface area contributed by atoms with Crippen LogP contribution < -0.4 is 5.32 Å². The summed E-state index contributed by atoms with van der Waals surface area (Å²) in [6.45, 7) is 4.63. The maximum Gasteiger partial charge on any atom is 0.337 e. The predicted molar refractivity (Wildman–Crippen MR) is 128 cm³/mol. The number of methoxy groups -OCH3 is 1. The van der Waals surface area contributed by atoms with Crippen molar-refractivity contribution in [2.24, 2.45) is 0 Å². The van der Waals surface area contributed by atoms with Crippen molar-refractivity contribution >= 4 is 29.4 Å². The van der Waals surface area contributed by atoms with Gasteiger partial charge in [0.1, 0.15) is 11.6 Å². The average molecular weight is 485 g/mol. The summed E-state index contributed by atoms with van der Waals surface area (Å²) in [5.74, 6) is -1.15. The lowest BCUT2D eigenvalue weighted by Gasteiger charge is -2.60. The minimum absolute atomic E-state index is 0.182. The number of benzene rings is 2. The van der Waals surface area contributed by atoms with Crippen molar-refractivity contribution in [1.29, 1.82) is 0 Å². The Hall–Kier alpha value is -2.90. The number of fused-ring (bicyclic) bond motifs is 4. The van der Waals surface area contributed by atoms with Gasteiger partial charge in [0, 0.05) is 29.1 Å². The molecule has 2 amide bonds. The first-order valence-electron chi connectivity index (χ1n) is 11.5.